The fourth-order valence-corrected chi connectivity index (χ4v) is 2.94. The minimum atomic E-state index is -0.770. The molecule has 122 valence electrons. The second-order valence-corrected chi connectivity index (χ2v) is 5.73. The standard InChI is InChI=1S/C16H19FN4O2/c1-18-14(22)16(6-8-19-9-7-16)15-20-13(21-23-15)10-11-2-4-12(17)5-3-11/h2-5,19H,6-10H2,1H3,(H,18,22). The highest BCUT2D eigenvalue weighted by molar-refractivity contribution is 5.87. The van der Waals surface area contributed by atoms with Crippen LogP contribution in [-0.2, 0) is 16.6 Å². The van der Waals surface area contributed by atoms with Gasteiger partial charge in [-0.3, -0.25) is 4.79 Å². The van der Waals surface area contributed by atoms with Crippen molar-refractivity contribution in [1.29, 1.82) is 0 Å². The molecule has 0 atom stereocenters. The molecule has 0 saturated carbocycles. The first-order chi connectivity index (χ1) is 11.1. The van der Waals surface area contributed by atoms with E-state index >= 15 is 0 Å². The van der Waals surface area contributed by atoms with Gasteiger partial charge in [-0.1, -0.05) is 17.3 Å². The van der Waals surface area contributed by atoms with Crippen molar-refractivity contribution < 1.29 is 13.7 Å². The maximum absolute atomic E-state index is 13.0. The molecule has 0 unspecified atom stereocenters. The van der Waals surface area contributed by atoms with Crippen molar-refractivity contribution >= 4 is 5.91 Å². The highest BCUT2D eigenvalue weighted by Crippen LogP contribution is 2.32. The Morgan fingerprint density at radius 1 is 1.35 bits per heavy atom. The van der Waals surface area contributed by atoms with Crippen LogP contribution in [0.5, 0.6) is 0 Å². The molecule has 1 amide bonds. The maximum Gasteiger partial charge on any atom is 0.242 e. The topological polar surface area (TPSA) is 80.1 Å². The first-order valence-electron chi connectivity index (χ1n) is 7.64. The van der Waals surface area contributed by atoms with Crippen LogP contribution in [0.4, 0.5) is 4.39 Å². The lowest BCUT2D eigenvalue weighted by Crippen LogP contribution is -2.50. The third kappa shape index (κ3) is 3.10. The molecule has 0 aliphatic carbocycles. The number of carbonyl (C=O) groups excluding carboxylic acids is 1. The minimum absolute atomic E-state index is 0.101. The Kier molecular flexibility index (Phi) is 4.38. The van der Waals surface area contributed by atoms with Gasteiger partial charge in [-0.2, -0.15) is 4.98 Å². The molecule has 6 nitrogen and oxygen atoms in total. The molecule has 0 radical (unpaired) electrons. The molecule has 0 bridgehead atoms. The predicted octanol–water partition coefficient (Wildman–Crippen LogP) is 1.17. The molecule has 7 heteroatoms. The van der Waals surface area contributed by atoms with Gasteiger partial charge in [0.1, 0.15) is 11.2 Å². The highest BCUT2D eigenvalue weighted by atomic mass is 19.1. The van der Waals surface area contributed by atoms with Crippen LogP contribution < -0.4 is 10.6 Å². The van der Waals surface area contributed by atoms with Gasteiger partial charge < -0.3 is 15.2 Å². The first-order valence-corrected chi connectivity index (χ1v) is 7.64. The van der Waals surface area contributed by atoms with Crippen molar-refractivity contribution in [2.24, 2.45) is 0 Å². The molecule has 2 N–H and O–H groups in total. The van der Waals surface area contributed by atoms with Crippen molar-refractivity contribution in [3.05, 3.63) is 47.4 Å². The summed E-state index contributed by atoms with van der Waals surface area (Å²) in [6, 6.07) is 6.17. The summed E-state index contributed by atoms with van der Waals surface area (Å²) in [6.45, 7) is 1.45. The highest BCUT2D eigenvalue weighted by Gasteiger charge is 2.45. The van der Waals surface area contributed by atoms with Gasteiger partial charge in [0.25, 0.3) is 0 Å². The van der Waals surface area contributed by atoms with Crippen molar-refractivity contribution in [3.63, 3.8) is 0 Å². The number of nitrogens with one attached hydrogen (secondary N) is 2. The van der Waals surface area contributed by atoms with Crippen LogP contribution >= 0.6 is 0 Å². The van der Waals surface area contributed by atoms with E-state index in [1.54, 1.807) is 19.2 Å². The van der Waals surface area contributed by atoms with E-state index in [4.69, 9.17) is 4.52 Å². The molecule has 1 aromatic carbocycles. The summed E-state index contributed by atoms with van der Waals surface area (Å²) in [7, 11) is 1.61. The molecule has 1 aliphatic rings. The summed E-state index contributed by atoms with van der Waals surface area (Å²) in [5, 5.41) is 9.93. The average Bonchev–Trinajstić information content (AvgIpc) is 3.06. The summed E-state index contributed by atoms with van der Waals surface area (Å²) in [5.41, 5.74) is 0.117. The molecule has 23 heavy (non-hydrogen) atoms. The van der Waals surface area contributed by atoms with E-state index in [0.717, 1.165) is 18.7 Å². The lowest BCUT2D eigenvalue weighted by atomic mass is 9.78. The fourth-order valence-electron chi connectivity index (χ4n) is 2.94. The Balaban J connectivity index is 1.84. The molecule has 1 fully saturated rings. The quantitative estimate of drug-likeness (QED) is 0.884. The number of hydrogen-bond donors (Lipinski definition) is 2. The largest absolute Gasteiger partial charge is 0.358 e. The zero-order chi connectivity index (χ0) is 16.3. The smallest absolute Gasteiger partial charge is 0.242 e. The number of benzene rings is 1. The number of hydrogen-bond acceptors (Lipinski definition) is 5. The van der Waals surface area contributed by atoms with Crippen LogP contribution in [0.25, 0.3) is 0 Å². The Morgan fingerprint density at radius 2 is 2.04 bits per heavy atom. The number of piperidine rings is 1. The van der Waals surface area contributed by atoms with Crippen LogP contribution in [0.2, 0.25) is 0 Å². The summed E-state index contributed by atoms with van der Waals surface area (Å²) >= 11 is 0. The van der Waals surface area contributed by atoms with E-state index in [0.29, 0.717) is 31.0 Å². The van der Waals surface area contributed by atoms with Crippen molar-refractivity contribution in [2.45, 2.75) is 24.7 Å². The minimum Gasteiger partial charge on any atom is -0.358 e. The molecular formula is C16H19FN4O2. The number of amides is 1. The van der Waals surface area contributed by atoms with E-state index in [2.05, 4.69) is 20.8 Å². The van der Waals surface area contributed by atoms with Crippen LogP contribution in [0.3, 0.4) is 0 Å². The van der Waals surface area contributed by atoms with Crippen LogP contribution in [-0.4, -0.2) is 36.2 Å². The van der Waals surface area contributed by atoms with Gasteiger partial charge >= 0.3 is 0 Å². The van der Waals surface area contributed by atoms with Gasteiger partial charge in [0.15, 0.2) is 5.82 Å². The third-order valence-corrected chi connectivity index (χ3v) is 4.27. The van der Waals surface area contributed by atoms with Gasteiger partial charge in [0.05, 0.1) is 0 Å². The fraction of sp³-hybridized carbons (Fsp3) is 0.438. The van der Waals surface area contributed by atoms with E-state index < -0.39 is 5.41 Å². The van der Waals surface area contributed by atoms with Gasteiger partial charge in [-0.25, -0.2) is 4.39 Å². The lowest BCUT2D eigenvalue weighted by molar-refractivity contribution is -0.128. The Labute approximate surface area is 133 Å². The second kappa shape index (κ2) is 6.45. The first kappa shape index (κ1) is 15.6. The van der Waals surface area contributed by atoms with Crippen LogP contribution in [0.1, 0.15) is 30.1 Å². The molecule has 0 spiro atoms. The van der Waals surface area contributed by atoms with E-state index in [1.807, 2.05) is 0 Å². The lowest BCUT2D eigenvalue weighted by Gasteiger charge is -2.32. The number of aromatic nitrogens is 2. The zero-order valence-electron chi connectivity index (χ0n) is 12.9. The maximum atomic E-state index is 13.0. The van der Waals surface area contributed by atoms with Gasteiger partial charge in [0.2, 0.25) is 11.8 Å². The number of halogens is 1. The molecule has 2 aromatic rings. The molecule has 1 saturated heterocycles. The summed E-state index contributed by atoms with van der Waals surface area (Å²) < 4.78 is 18.4. The second-order valence-electron chi connectivity index (χ2n) is 5.73. The number of nitrogens with zero attached hydrogens (tertiary/aromatic N) is 2. The van der Waals surface area contributed by atoms with E-state index in [1.165, 1.54) is 12.1 Å². The number of carbonyl (C=O) groups is 1. The number of rotatable bonds is 4. The average molecular weight is 318 g/mol. The Hall–Kier alpha value is -2.28. The van der Waals surface area contributed by atoms with Gasteiger partial charge in [-0.15, -0.1) is 0 Å². The summed E-state index contributed by atoms with van der Waals surface area (Å²) in [4.78, 5) is 16.8. The normalized spacial score (nSPS) is 17.0. The third-order valence-electron chi connectivity index (χ3n) is 4.27. The number of likely N-dealkylation sites (N-methyl/N-ethyl adjacent to an activating group) is 1. The van der Waals surface area contributed by atoms with Crippen molar-refractivity contribution in [2.75, 3.05) is 20.1 Å². The SMILES string of the molecule is CNC(=O)C1(c2nc(Cc3ccc(F)cc3)no2)CCNCC1. The van der Waals surface area contributed by atoms with E-state index in [9.17, 15) is 9.18 Å². The van der Waals surface area contributed by atoms with Crippen LogP contribution in [0, 0.1) is 5.82 Å². The van der Waals surface area contributed by atoms with Crippen molar-refractivity contribution in [3.8, 4) is 0 Å². The summed E-state index contributed by atoms with van der Waals surface area (Å²) in [5.74, 6) is 0.468. The Morgan fingerprint density at radius 3 is 2.70 bits per heavy atom. The van der Waals surface area contributed by atoms with Gasteiger partial charge in [-0.05, 0) is 43.6 Å². The molecule has 3 rings (SSSR count). The summed E-state index contributed by atoms with van der Waals surface area (Å²) in [6.07, 6.45) is 1.67. The molecule has 1 aromatic heterocycles. The zero-order valence-corrected chi connectivity index (χ0v) is 12.9. The van der Waals surface area contributed by atoms with Gasteiger partial charge in [0, 0.05) is 13.5 Å². The Bertz CT molecular complexity index is 678. The molecular weight excluding hydrogens is 299 g/mol. The van der Waals surface area contributed by atoms with E-state index in [-0.39, 0.29) is 11.7 Å². The predicted molar refractivity (Wildman–Crippen MR) is 81.4 cm³/mol. The monoisotopic (exact) mass is 318 g/mol. The molecule has 2 heterocycles. The van der Waals surface area contributed by atoms with Crippen LogP contribution in [0.15, 0.2) is 28.8 Å². The molecule has 1 aliphatic heterocycles. The van der Waals surface area contributed by atoms with Crippen molar-refractivity contribution in [1.82, 2.24) is 20.8 Å².